The zero-order valence-electron chi connectivity index (χ0n) is 11.4. The normalized spacial score (nSPS) is 17.1. The van der Waals surface area contributed by atoms with Crippen molar-refractivity contribution in [1.29, 1.82) is 0 Å². The van der Waals surface area contributed by atoms with Crippen molar-refractivity contribution >= 4 is 15.7 Å². The zero-order valence-corrected chi connectivity index (χ0v) is 12.2. The molecule has 0 bridgehead atoms. The Morgan fingerprint density at radius 1 is 1.20 bits per heavy atom. The van der Waals surface area contributed by atoms with Crippen molar-refractivity contribution in [3.63, 3.8) is 0 Å². The van der Waals surface area contributed by atoms with Crippen LogP contribution < -0.4 is 15.6 Å². The van der Waals surface area contributed by atoms with Gasteiger partial charge in [0.05, 0.1) is 0 Å². The molecule has 0 aromatic heterocycles. The number of likely N-dealkylation sites (tertiary alicyclic amines) is 1. The summed E-state index contributed by atoms with van der Waals surface area (Å²) in [5.41, 5.74) is 5.93. The van der Waals surface area contributed by atoms with Gasteiger partial charge in [-0.3, -0.25) is 4.90 Å². The van der Waals surface area contributed by atoms with Crippen molar-refractivity contribution in [2.45, 2.75) is 24.2 Å². The molecule has 1 aromatic rings. The number of benzene rings is 1. The highest BCUT2D eigenvalue weighted by molar-refractivity contribution is 7.89. The maximum absolute atomic E-state index is 11.5. The molecule has 6 nitrogen and oxygen atoms in total. The first-order valence-electron chi connectivity index (χ1n) is 6.74. The highest BCUT2D eigenvalue weighted by Gasteiger charge is 2.16. The Morgan fingerprint density at radius 2 is 1.90 bits per heavy atom. The number of nitrogens with two attached hydrogens (primary N) is 2. The summed E-state index contributed by atoms with van der Waals surface area (Å²) in [5.74, 6) is 0.263. The predicted octanol–water partition coefficient (Wildman–Crippen LogP) is 0.781. The summed E-state index contributed by atoms with van der Waals surface area (Å²) < 4.78 is 28.6. The van der Waals surface area contributed by atoms with Crippen LogP contribution in [-0.2, 0) is 10.0 Å². The second-order valence-corrected chi connectivity index (χ2v) is 6.53. The van der Waals surface area contributed by atoms with Gasteiger partial charge in [0.1, 0.15) is 17.3 Å². The van der Waals surface area contributed by atoms with E-state index in [2.05, 4.69) is 4.90 Å². The van der Waals surface area contributed by atoms with Crippen molar-refractivity contribution in [1.82, 2.24) is 4.90 Å². The summed E-state index contributed by atoms with van der Waals surface area (Å²) in [5, 5.41) is 5.17. The fraction of sp³-hybridized carbons (Fsp3) is 0.538. The van der Waals surface area contributed by atoms with Crippen LogP contribution in [0.2, 0.25) is 0 Å². The van der Waals surface area contributed by atoms with Crippen molar-refractivity contribution < 1.29 is 13.2 Å². The van der Waals surface area contributed by atoms with Gasteiger partial charge in [-0.2, -0.15) is 0 Å². The van der Waals surface area contributed by atoms with E-state index in [0.29, 0.717) is 12.3 Å². The van der Waals surface area contributed by atoms with E-state index in [1.807, 2.05) is 0 Å². The molecule has 20 heavy (non-hydrogen) atoms. The van der Waals surface area contributed by atoms with Crippen molar-refractivity contribution in [2.75, 3.05) is 32.0 Å². The van der Waals surface area contributed by atoms with Gasteiger partial charge in [0.25, 0.3) is 0 Å². The highest BCUT2D eigenvalue weighted by Crippen LogP contribution is 2.25. The smallest absolute Gasteiger partial charge is 0.241 e. The van der Waals surface area contributed by atoms with Crippen molar-refractivity contribution in [2.24, 2.45) is 5.14 Å². The van der Waals surface area contributed by atoms with Crippen LogP contribution in [0.5, 0.6) is 5.75 Å². The van der Waals surface area contributed by atoms with Gasteiger partial charge in [0.2, 0.25) is 10.0 Å². The molecule has 0 saturated carbocycles. The lowest BCUT2D eigenvalue weighted by Gasteiger charge is -2.26. The number of hydrogen-bond donors (Lipinski definition) is 2. The summed E-state index contributed by atoms with van der Waals surface area (Å²) in [4.78, 5) is 2.26. The first-order valence-corrected chi connectivity index (χ1v) is 8.29. The van der Waals surface area contributed by atoms with Crippen LogP contribution in [0.1, 0.15) is 19.3 Å². The van der Waals surface area contributed by atoms with Crippen molar-refractivity contribution in [3.8, 4) is 5.75 Å². The van der Waals surface area contributed by atoms with Crippen LogP contribution in [0.3, 0.4) is 0 Å². The molecule has 4 N–H and O–H groups in total. The number of nitrogen functional groups attached to an aromatic ring is 1. The molecule has 1 aliphatic rings. The Balaban J connectivity index is 1.98. The van der Waals surface area contributed by atoms with E-state index in [4.69, 9.17) is 15.6 Å². The molecular formula is C13H21N3O3S. The Kier molecular flexibility index (Phi) is 4.85. The van der Waals surface area contributed by atoms with Gasteiger partial charge in [-0.05, 0) is 44.1 Å². The molecule has 0 spiro atoms. The van der Waals surface area contributed by atoms with Crippen molar-refractivity contribution in [3.05, 3.63) is 18.2 Å². The van der Waals surface area contributed by atoms with Crippen LogP contribution >= 0.6 is 0 Å². The summed E-state index contributed by atoms with van der Waals surface area (Å²) >= 11 is 0. The standard InChI is InChI=1S/C13H21N3O3S/c14-11-4-5-12(13(10-11)20(15,17)18)19-9-8-16-6-2-1-3-7-16/h4-5,10H,1-3,6-9,14H2,(H2,15,17,18). The Morgan fingerprint density at radius 3 is 2.55 bits per heavy atom. The van der Waals surface area contributed by atoms with E-state index in [0.717, 1.165) is 19.6 Å². The van der Waals surface area contributed by atoms with Gasteiger partial charge in [-0.1, -0.05) is 6.42 Å². The maximum Gasteiger partial charge on any atom is 0.241 e. The molecule has 1 aliphatic heterocycles. The van der Waals surface area contributed by atoms with Crippen LogP contribution in [0.25, 0.3) is 0 Å². The Bertz CT molecular complexity index is 554. The molecule has 0 radical (unpaired) electrons. The van der Waals surface area contributed by atoms with E-state index in [1.54, 1.807) is 12.1 Å². The van der Waals surface area contributed by atoms with Gasteiger partial charge in [0.15, 0.2) is 0 Å². The number of sulfonamides is 1. The van der Waals surface area contributed by atoms with E-state index in [9.17, 15) is 8.42 Å². The zero-order chi connectivity index (χ0) is 14.6. The average Bonchev–Trinajstić information content (AvgIpc) is 2.40. The SMILES string of the molecule is Nc1ccc(OCCN2CCCCC2)c(S(N)(=O)=O)c1. The first-order chi connectivity index (χ1) is 9.47. The summed E-state index contributed by atoms with van der Waals surface area (Å²) in [6, 6.07) is 4.47. The molecule has 112 valence electrons. The molecule has 2 rings (SSSR count). The van der Waals surface area contributed by atoms with Gasteiger partial charge in [-0.25, -0.2) is 13.6 Å². The molecular weight excluding hydrogens is 278 g/mol. The average molecular weight is 299 g/mol. The van der Waals surface area contributed by atoms with Crippen LogP contribution in [0.4, 0.5) is 5.69 Å². The lowest BCUT2D eigenvalue weighted by atomic mass is 10.1. The number of rotatable bonds is 5. The third-order valence-electron chi connectivity index (χ3n) is 3.39. The lowest BCUT2D eigenvalue weighted by molar-refractivity contribution is 0.181. The molecule has 0 atom stereocenters. The fourth-order valence-corrected chi connectivity index (χ4v) is 3.04. The van der Waals surface area contributed by atoms with Crippen LogP contribution in [0.15, 0.2) is 23.1 Å². The Labute approximate surface area is 119 Å². The minimum atomic E-state index is -3.83. The number of anilines is 1. The molecule has 0 amide bonds. The van der Waals surface area contributed by atoms with Gasteiger partial charge >= 0.3 is 0 Å². The number of primary sulfonamides is 1. The summed E-state index contributed by atoms with van der Waals surface area (Å²) in [6.45, 7) is 3.38. The molecule has 1 heterocycles. The Hall–Kier alpha value is -1.31. The topological polar surface area (TPSA) is 98.7 Å². The molecule has 0 unspecified atom stereocenters. The molecule has 1 aromatic carbocycles. The highest BCUT2D eigenvalue weighted by atomic mass is 32.2. The minimum absolute atomic E-state index is 0.0591. The van der Waals surface area contributed by atoms with E-state index >= 15 is 0 Å². The predicted molar refractivity (Wildman–Crippen MR) is 78.0 cm³/mol. The second-order valence-electron chi connectivity index (χ2n) is 5.00. The van der Waals surface area contributed by atoms with Crippen LogP contribution in [0, 0.1) is 0 Å². The van der Waals surface area contributed by atoms with E-state index < -0.39 is 10.0 Å². The van der Waals surface area contributed by atoms with Gasteiger partial charge in [0, 0.05) is 12.2 Å². The molecule has 0 aliphatic carbocycles. The minimum Gasteiger partial charge on any atom is -0.491 e. The number of ether oxygens (including phenoxy) is 1. The molecule has 1 saturated heterocycles. The number of hydrogen-bond acceptors (Lipinski definition) is 5. The monoisotopic (exact) mass is 299 g/mol. The van der Waals surface area contributed by atoms with Crippen LogP contribution in [-0.4, -0.2) is 39.6 Å². The maximum atomic E-state index is 11.5. The third-order valence-corrected chi connectivity index (χ3v) is 4.32. The van der Waals surface area contributed by atoms with E-state index in [1.165, 1.54) is 25.3 Å². The van der Waals surface area contributed by atoms with Gasteiger partial charge in [-0.15, -0.1) is 0 Å². The second kappa shape index (κ2) is 6.43. The summed E-state index contributed by atoms with van der Waals surface area (Å²) in [6.07, 6.45) is 3.71. The quantitative estimate of drug-likeness (QED) is 0.783. The number of nitrogens with zero attached hydrogens (tertiary/aromatic N) is 1. The largest absolute Gasteiger partial charge is 0.491 e. The first kappa shape index (κ1) is 15.1. The number of piperidine rings is 1. The van der Waals surface area contributed by atoms with Gasteiger partial charge < -0.3 is 10.5 Å². The lowest BCUT2D eigenvalue weighted by Crippen LogP contribution is -2.33. The third kappa shape index (κ3) is 4.09. The molecule has 7 heteroatoms. The summed E-state index contributed by atoms with van der Waals surface area (Å²) in [7, 11) is -3.83. The van der Waals surface area contributed by atoms with E-state index in [-0.39, 0.29) is 10.6 Å². The molecule has 1 fully saturated rings. The fourth-order valence-electron chi connectivity index (χ4n) is 2.33.